The molecule has 1 rings (SSSR count). The van der Waals surface area contributed by atoms with Crippen molar-refractivity contribution in [2.24, 2.45) is 17.6 Å². The second-order valence-electron chi connectivity index (χ2n) is 3.19. The molecule has 0 bridgehead atoms. The molecule has 1 aliphatic carbocycles. The summed E-state index contributed by atoms with van der Waals surface area (Å²) >= 11 is 0. The number of nitrogens with two attached hydrogens (primary N) is 1. The smallest absolute Gasteiger partial charge is 0.0226 e. The van der Waals surface area contributed by atoms with Crippen molar-refractivity contribution in [1.29, 1.82) is 0 Å². The molecule has 1 heteroatoms. The van der Waals surface area contributed by atoms with E-state index < -0.39 is 0 Å². The fourth-order valence-electron chi connectivity index (χ4n) is 1.64. The molecule has 2 unspecified atom stereocenters. The first-order valence-corrected chi connectivity index (χ1v) is 3.94. The molecular formula is C10H13N. The highest BCUT2D eigenvalue weighted by atomic mass is 14.6. The van der Waals surface area contributed by atoms with Crippen LogP contribution in [0.4, 0.5) is 0 Å². The van der Waals surface area contributed by atoms with Gasteiger partial charge in [-0.25, -0.2) is 0 Å². The Kier molecular flexibility index (Phi) is 2.58. The Morgan fingerprint density at radius 3 is 1.82 bits per heavy atom. The Labute approximate surface area is 68.4 Å². The normalized spacial score (nSPS) is 37.2. The lowest BCUT2D eigenvalue weighted by molar-refractivity contribution is 0.329. The van der Waals surface area contributed by atoms with Crippen LogP contribution in [-0.2, 0) is 0 Å². The maximum Gasteiger partial charge on any atom is 0.0226 e. The maximum absolute atomic E-state index is 5.78. The van der Waals surface area contributed by atoms with Gasteiger partial charge in [-0.15, -0.1) is 24.7 Å². The van der Waals surface area contributed by atoms with E-state index in [4.69, 9.17) is 18.6 Å². The third-order valence-electron chi connectivity index (χ3n) is 2.21. The molecule has 0 aromatic heterocycles. The average Bonchev–Trinajstić information content (AvgIpc) is 2.03. The Morgan fingerprint density at radius 2 is 1.45 bits per heavy atom. The monoisotopic (exact) mass is 147 g/mol. The summed E-state index contributed by atoms with van der Waals surface area (Å²) in [5.74, 6) is 6.06. The molecule has 11 heavy (non-hydrogen) atoms. The van der Waals surface area contributed by atoms with Crippen LogP contribution in [0.15, 0.2) is 0 Å². The first kappa shape index (κ1) is 8.18. The second kappa shape index (κ2) is 3.46. The minimum Gasteiger partial charge on any atom is -0.328 e. The van der Waals surface area contributed by atoms with Crippen molar-refractivity contribution in [2.45, 2.75) is 25.3 Å². The number of terminal acetylenes is 2. The Morgan fingerprint density at radius 1 is 1.00 bits per heavy atom. The van der Waals surface area contributed by atoms with E-state index in [1.165, 1.54) is 0 Å². The molecular weight excluding hydrogens is 134 g/mol. The van der Waals surface area contributed by atoms with E-state index in [0.717, 1.165) is 19.3 Å². The summed E-state index contributed by atoms with van der Waals surface area (Å²) in [6, 6.07) is 0.214. The van der Waals surface area contributed by atoms with E-state index in [2.05, 4.69) is 11.8 Å². The molecule has 0 aliphatic heterocycles. The van der Waals surface area contributed by atoms with E-state index in [9.17, 15) is 0 Å². The van der Waals surface area contributed by atoms with E-state index in [-0.39, 0.29) is 6.04 Å². The van der Waals surface area contributed by atoms with E-state index >= 15 is 0 Å². The predicted molar refractivity (Wildman–Crippen MR) is 46.5 cm³/mol. The highest BCUT2D eigenvalue weighted by Crippen LogP contribution is 2.27. The largest absolute Gasteiger partial charge is 0.328 e. The van der Waals surface area contributed by atoms with Crippen molar-refractivity contribution >= 4 is 0 Å². The first-order valence-electron chi connectivity index (χ1n) is 3.94. The van der Waals surface area contributed by atoms with Crippen LogP contribution in [0.2, 0.25) is 0 Å². The zero-order chi connectivity index (χ0) is 8.27. The van der Waals surface area contributed by atoms with Crippen LogP contribution >= 0.6 is 0 Å². The molecule has 1 fully saturated rings. The minimum absolute atomic E-state index is 0.214. The van der Waals surface area contributed by atoms with Gasteiger partial charge in [-0.1, -0.05) is 0 Å². The number of rotatable bonds is 0. The SMILES string of the molecule is C#CC1CC(N)CC(C#C)C1. The van der Waals surface area contributed by atoms with Gasteiger partial charge in [0.05, 0.1) is 0 Å². The molecule has 1 nitrogen and oxygen atoms in total. The van der Waals surface area contributed by atoms with Gasteiger partial charge in [-0.05, 0) is 19.3 Å². The van der Waals surface area contributed by atoms with Crippen molar-refractivity contribution in [3.63, 3.8) is 0 Å². The molecule has 0 radical (unpaired) electrons. The van der Waals surface area contributed by atoms with Gasteiger partial charge >= 0.3 is 0 Å². The van der Waals surface area contributed by atoms with Gasteiger partial charge in [-0.2, -0.15) is 0 Å². The van der Waals surface area contributed by atoms with Gasteiger partial charge < -0.3 is 5.73 Å². The van der Waals surface area contributed by atoms with Crippen molar-refractivity contribution in [2.75, 3.05) is 0 Å². The highest BCUT2D eigenvalue weighted by Gasteiger charge is 2.23. The van der Waals surface area contributed by atoms with Gasteiger partial charge in [0.25, 0.3) is 0 Å². The summed E-state index contributed by atoms with van der Waals surface area (Å²) in [7, 11) is 0. The minimum atomic E-state index is 0.214. The molecule has 2 atom stereocenters. The van der Waals surface area contributed by atoms with Crippen LogP contribution < -0.4 is 5.73 Å². The zero-order valence-corrected chi connectivity index (χ0v) is 6.59. The molecule has 0 aromatic carbocycles. The van der Waals surface area contributed by atoms with Gasteiger partial charge in [0.1, 0.15) is 0 Å². The lowest BCUT2D eigenvalue weighted by Gasteiger charge is -2.27. The molecule has 1 saturated carbocycles. The molecule has 58 valence electrons. The Bertz CT molecular complexity index is 184. The van der Waals surface area contributed by atoms with Crippen LogP contribution in [0.1, 0.15) is 19.3 Å². The standard InChI is InChI=1S/C10H13N/c1-3-8-5-9(4-2)7-10(11)6-8/h1-2,8-10H,5-7,11H2. The number of hydrogen-bond donors (Lipinski definition) is 1. The topological polar surface area (TPSA) is 26.0 Å². The van der Waals surface area contributed by atoms with E-state index in [1.807, 2.05) is 0 Å². The Balaban J connectivity index is 2.54. The fraction of sp³-hybridized carbons (Fsp3) is 0.600. The molecule has 0 saturated heterocycles. The van der Waals surface area contributed by atoms with E-state index in [1.54, 1.807) is 0 Å². The van der Waals surface area contributed by atoms with Crippen molar-refractivity contribution in [3.05, 3.63) is 0 Å². The van der Waals surface area contributed by atoms with Crippen LogP contribution in [0, 0.1) is 36.5 Å². The second-order valence-corrected chi connectivity index (χ2v) is 3.19. The van der Waals surface area contributed by atoms with E-state index in [0.29, 0.717) is 11.8 Å². The maximum atomic E-state index is 5.78. The van der Waals surface area contributed by atoms with Crippen LogP contribution in [0.5, 0.6) is 0 Å². The quantitative estimate of drug-likeness (QED) is 0.508. The third-order valence-corrected chi connectivity index (χ3v) is 2.21. The van der Waals surface area contributed by atoms with Crippen molar-refractivity contribution in [1.82, 2.24) is 0 Å². The molecule has 1 aliphatic rings. The number of hydrogen-bond acceptors (Lipinski definition) is 1. The van der Waals surface area contributed by atoms with Gasteiger partial charge in [0.2, 0.25) is 0 Å². The summed E-state index contributed by atoms with van der Waals surface area (Å²) in [5, 5.41) is 0. The summed E-state index contributed by atoms with van der Waals surface area (Å²) < 4.78 is 0. The van der Waals surface area contributed by atoms with Gasteiger partial charge in [-0.3, -0.25) is 0 Å². The van der Waals surface area contributed by atoms with Crippen LogP contribution in [0.25, 0.3) is 0 Å². The van der Waals surface area contributed by atoms with Gasteiger partial charge in [0, 0.05) is 17.9 Å². The lowest BCUT2D eigenvalue weighted by Crippen LogP contribution is -2.31. The van der Waals surface area contributed by atoms with Crippen molar-refractivity contribution in [3.8, 4) is 24.7 Å². The molecule has 0 heterocycles. The molecule has 0 spiro atoms. The fourth-order valence-corrected chi connectivity index (χ4v) is 1.64. The zero-order valence-electron chi connectivity index (χ0n) is 6.59. The van der Waals surface area contributed by atoms with Crippen LogP contribution in [0.3, 0.4) is 0 Å². The van der Waals surface area contributed by atoms with Crippen molar-refractivity contribution < 1.29 is 0 Å². The molecule has 2 N–H and O–H groups in total. The average molecular weight is 147 g/mol. The first-order chi connectivity index (χ1) is 5.26. The summed E-state index contributed by atoms with van der Waals surface area (Å²) in [5.41, 5.74) is 5.78. The highest BCUT2D eigenvalue weighted by molar-refractivity contribution is 5.05. The predicted octanol–water partition coefficient (Wildman–Crippen LogP) is 0.996. The van der Waals surface area contributed by atoms with Gasteiger partial charge in [0.15, 0.2) is 0 Å². The van der Waals surface area contributed by atoms with Crippen LogP contribution in [-0.4, -0.2) is 6.04 Å². The third kappa shape index (κ3) is 2.00. The molecule has 0 aromatic rings. The Hall–Kier alpha value is -0.920. The molecule has 0 amide bonds. The lowest BCUT2D eigenvalue weighted by atomic mass is 9.80. The summed E-state index contributed by atoms with van der Waals surface area (Å²) in [6.07, 6.45) is 13.5. The summed E-state index contributed by atoms with van der Waals surface area (Å²) in [6.45, 7) is 0. The summed E-state index contributed by atoms with van der Waals surface area (Å²) in [4.78, 5) is 0.